The summed E-state index contributed by atoms with van der Waals surface area (Å²) >= 11 is 6.13. The zero-order valence-corrected chi connectivity index (χ0v) is 12.9. The van der Waals surface area contributed by atoms with Crippen molar-refractivity contribution in [3.63, 3.8) is 0 Å². The summed E-state index contributed by atoms with van der Waals surface area (Å²) in [4.78, 5) is 6.82. The van der Waals surface area contributed by atoms with E-state index in [1.54, 1.807) is 6.07 Å². The number of halogens is 1. The summed E-state index contributed by atoms with van der Waals surface area (Å²) in [6.45, 7) is 3.60. The molecule has 0 aliphatic carbocycles. The molecule has 1 aliphatic heterocycles. The monoisotopic (exact) mass is 303 g/mol. The third-order valence-electron chi connectivity index (χ3n) is 4.12. The molecule has 21 heavy (non-hydrogen) atoms. The average Bonchev–Trinajstić information content (AvgIpc) is 2.73. The van der Waals surface area contributed by atoms with Crippen molar-refractivity contribution in [2.45, 2.75) is 19.9 Å². The number of aryl methyl sites for hydroxylation is 1. The first-order valence-corrected chi connectivity index (χ1v) is 7.24. The Morgan fingerprint density at radius 2 is 2.19 bits per heavy atom. The molecule has 0 bridgehead atoms. The number of nitrogens with zero attached hydrogens (tertiary/aromatic N) is 3. The van der Waals surface area contributed by atoms with Crippen molar-refractivity contribution < 1.29 is 0 Å². The number of rotatable bonds is 2. The maximum Gasteiger partial charge on any atom is 0.105 e. The van der Waals surface area contributed by atoms with Gasteiger partial charge in [0.05, 0.1) is 12.2 Å². The zero-order chi connectivity index (χ0) is 15.1. The van der Waals surface area contributed by atoms with E-state index in [0.29, 0.717) is 10.7 Å². The highest BCUT2D eigenvalue weighted by molar-refractivity contribution is 6.31. The van der Waals surface area contributed by atoms with E-state index >= 15 is 0 Å². The van der Waals surface area contributed by atoms with Crippen molar-refractivity contribution >= 4 is 29.2 Å². The van der Waals surface area contributed by atoms with Crippen molar-refractivity contribution in [1.29, 1.82) is 5.41 Å². The van der Waals surface area contributed by atoms with E-state index in [-0.39, 0.29) is 0 Å². The fourth-order valence-electron chi connectivity index (χ4n) is 2.91. The van der Waals surface area contributed by atoms with Gasteiger partial charge in [-0.3, -0.25) is 0 Å². The van der Waals surface area contributed by atoms with Crippen molar-refractivity contribution in [2.24, 2.45) is 7.05 Å². The number of aromatic nitrogens is 2. The minimum atomic E-state index is 0.537. The Hall–Kier alpha value is -2.01. The van der Waals surface area contributed by atoms with E-state index in [1.165, 1.54) is 11.9 Å². The molecule has 0 atom stereocenters. The van der Waals surface area contributed by atoms with Crippen LogP contribution in [0.4, 0.5) is 11.4 Å². The average molecular weight is 304 g/mol. The van der Waals surface area contributed by atoms with Crippen LogP contribution in [0.2, 0.25) is 5.02 Å². The molecule has 0 amide bonds. The summed E-state index contributed by atoms with van der Waals surface area (Å²) in [6, 6.07) is 3.56. The molecule has 2 heterocycles. The molecule has 0 fully saturated rings. The van der Waals surface area contributed by atoms with Crippen LogP contribution < -0.4 is 10.6 Å². The van der Waals surface area contributed by atoms with E-state index in [4.69, 9.17) is 22.7 Å². The van der Waals surface area contributed by atoms with E-state index in [2.05, 4.69) is 21.5 Å². The largest absolute Gasteiger partial charge is 0.398 e. The number of imidazole rings is 1. The molecule has 1 aromatic carbocycles. The van der Waals surface area contributed by atoms with Crippen LogP contribution in [0.5, 0.6) is 0 Å². The predicted octanol–water partition coefficient (Wildman–Crippen LogP) is 2.52. The van der Waals surface area contributed by atoms with Crippen molar-refractivity contribution in [3.8, 4) is 0 Å². The minimum Gasteiger partial charge on any atom is -0.398 e. The maximum atomic E-state index is 7.60. The van der Waals surface area contributed by atoms with Gasteiger partial charge < -0.3 is 20.6 Å². The quantitative estimate of drug-likeness (QED) is 0.661. The number of hydrogen-bond acceptors (Lipinski definition) is 4. The lowest BCUT2D eigenvalue weighted by molar-refractivity contribution is 0.680. The summed E-state index contributed by atoms with van der Waals surface area (Å²) in [5.41, 5.74) is 10.5. The molecular formula is C15H18ClN5. The Balaban J connectivity index is 2.02. The normalized spacial score (nSPS) is 14.1. The molecule has 110 valence electrons. The number of nitrogens with one attached hydrogen (secondary N) is 1. The van der Waals surface area contributed by atoms with Crippen LogP contribution in [0, 0.1) is 12.3 Å². The molecule has 5 nitrogen and oxygen atoms in total. The third kappa shape index (κ3) is 2.27. The molecule has 0 saturated heterocycles. The van der Waals surface area contributed by atoms with Gasteiger partial charge in [-0.2, -0.15) is 0 Å². The third-order valence-corrected chi connectivity index (χ3v) is 4.34. The highest BCUT2D eigenvalue weighted by Gasteiger charge is 2.23. The number of hydrogen-bond donors (Lipinski definition) is 2. The molecule has 0 spiro atoms. The van der Waals surface area contributed by atoms with Gasteiger partial charge in [-0.1, -0.05) is 11.6 Å². The lowest BCUT2D eigenvalue weighted by Gasteiger charge is -2.30. The fraction of sp³-hybridized carbons (Fsp3) is 0.333. The first-order chi connectivity index (χ1) is 10.0. The number of nitrogen functional groups attached to an aromatic ring is 1. The van der Waals surface area contributed by atoms with Gasteiger partial charge in [0.15, 0.2) is 0 Å². The minimum absolute atomic E-state index is 0.537. The lowest BCUT2D eigenvalue weighted by Crippen LogP contribution is -2.32. The zero-order valence-electron chi connectivity index (χ0n) is 12.2. The van der Waals surface area contributed by atoms with Gasteiger partial charge in [0.2, 0.25) is 0 Å². The first-order valence-electron chi connectivity index (χ1n) is 6.86. The van der Waals surface area contributed by atoms with E-state index < -0.39 is 0 Å². The van der Waals surface area contributed by atoms with Gasteiger partial charge in [-0.05, 0) is 19.1 Å². The second-order valence-electron chi connectivity index (χ2n) is 5.36. The Morgan fingerprint density at radius 1 is 1.43 bits per heavy atom. The smallest absolute Gasteiger partial charge is 0.105 e. The van der Waals surface area contributed by atoms with Gasteiger partial charge in [0.25, 0.3) is 0 Å². The van der Waals surface area contributed by atoms with Crippen LogP contribution >= 0.6 is 11.6 Å². The van der Waals surface area contributed by atoms with Crippen LogP contribution in [-0.4, -0.2) is 22.3 Å². The van der Waals surface area contributed by atoms with Gasteiger partial charge >= 0.3 is 0 Å². The van der Waals surface area contributed by atoms with Gasteiger partial charge in [-0.25, -0.2) is 4.98 Å². The highest BCUT2D eigenvalue weighted by atomic mass is 35.5. The Bertz CT molecular complexity index is 719. The van der Waals surface area contributed by atoms with Crippen LogP contribution in [-0.2, 0) is 20.0 Å². The number of benzene rings is 1. The summed E-state index contributed by atoms with van der Waals surface area (Å²) in [5.74, 6) is 1.03. The summed E-state index contributed by atoms with van der Waals surface area (Å²) < 4.78 is 2.15. The molecular weight excluding hydrogens is 286 g/mol. The summed E-state index contributed by atoms with van der Waals surface area (Å²) in [5, 5.41) is 8.20. The molecule has 0 saturated carbocycles. The molecule has 0 radical (unpaired) electrons. The molecule has 2 aromatic rings. The Labute approximate surface area is 128 Å². The molecule has 6 heteroatoms. The summed E-state index contributed by atoms with van der Waals surface area (Å²) in [6.07, 6.45) is 2.22. The summed E-state index contributed by atoms with van der Waals surface area (Å²) in [7, 11) is 2.05. The number of nitrogens with two attached hydrogens (primary N) is 1. The maximum absolute atomic E-state index is 7.60. The molecule has 1 aromatic heterocycles. The van der Waals surface area contributed by atoms with Crippen LogP contribution in [0.1, 0.15) is 22.8 Å². The highest BCUT2D eigenvalue weighted by Crippen LogP contribution is 2.32. The van der Waals surface area contributed by atoms with Gasteiger partial charge in [0.1, 0.15) is 5.82 Å². The predicted molar refractivity (Wildman–Crippen MR) is 86.4 cm³/mol. The van der Waals surface area contributed by atoms with Crippen molar-refractivity contribution in [2.75, 3.05) is 17.2 Å². The standard InChI is InChI=1S/C15H18ClN5/c1-9-19-13-8-21(4-3-14(13)20(9)2)15-6-10(16)5-12(18)11(15)7-17/h5-7,17H,3-4,8,18H2,1-2H3. The number of fused-ring (bicyclic) bond motifs is 1. The van der Waals surface area contributed by atoms with E-state index in [9.17, 15) is 0 Å². The fourth-order valence-corrected chi connectivity index (χ4v) is 3.13. The lowest BCUT2D eigenvalue weighted by atomic mass is 10.1. The van der Waals surface area contributed by atoms with Crippen molar-refractivity contribution in [1.82, 2.24) is 9.55 Å². The van der Waals surface area contributed by atoms with Crippen LogP contribution in [0.3, 0.4) is 0 Å². The molecule has 3 rings (SSSR count). The second-order valence-corrected chi connectivity index (χ2v) is 5.79. The Kier molecular flexibility index (Phi) is 3.37. The SMILES string of the molecule is Cc1nc2c(n1C)CCN(c1cc(Cl)cc(N)c1C=N)C2. The number of anilines is 2. The van der Waals surface area contributed by atoms with E-state index in [0.717, 1.165) is 42.3 Å². The van der Waals surface area contributed by atoms with Crippen LogP contribution in [0.25, 0.3) is 0 Å². The molecule has 3 N–H and O–H groups in total. The Morgan fingerprint density at radius 3 is 2.90 bits per heavy atom. The first kappa shape index (κ1) is 13.9. The second kappa shape index (κ2) is 5.07. The van der Waals surface area contributed by atoms with Gasteiger partial charge in [-0.15, -0.1) is 0 Å². The van der Waals surface area contributed by atoms with Crippen LogP contribution in [0.15, 0.2) is 12.1 Å². The molecule has 1 aliphatic rings. The van der Waals surface area contributed by atoms with Gasteiger partial charge in [0, 0.05) is 53.9 Å². The molecule has 0 unspecified atom stereocenters. The topological polar surface area (TPSA) is 70.9 Å². The van der Waals surface area contributed by atoms with E-state index in [1.807, 2.05) is 13.0 Å². The van der Waals surface area contributed by atoms with Crippen molar-refractivity contribution in [3.05, 3.63) is 39.9 Å².